The van der Waals surface area contributed by atoms with Gasteiger partial charge in [0.1, 0.15) is 11.8 Å². The van der Waals surface area contributed by atoms with Crippen LogP contribution in [-0.4, -0.2) is 45.1 Å². The molecular formula is C24H28N6O2. The first-order chi connectivity index (χ1) is 15.7. The molecule has 3 heterocycles. The number of urea groups is 1. The third kappa shape index (κ3) is 4.81. The molecule has 3 aromatic rings. The van der Waals surface area contributed by atoms with Crippen LogP contribution in [0.1, 0.15) is 35.9 Å². The maximum atomic E-state index is 12.2. The number of anilines is 1. The van der Waals surface area contributed by atoms with Crippen LogP contribution in [0.4, 0.5) is 10.5 Å². The largest absolute Gasteiger partial charge is 0.365 e. The van der Waals surface area contributed by atoms with Gasteiger partial charge in [-0.05, 0) is 30.5 Å². The number of carbonyl (C=O) groups is 1. The van der Waals surface area contributed by atoms with Crippen molar-refractivity contribution in [3.63, 3.8) is 0 Å². The zero-order valence-corrected chi connectivity index (χ0v) is 18.0. The lowest BCUT2D eigenvalue weighted by molar-refractivity contribution is -0.00216. The summed E-state index contributed by atoms with van der Waals surface area (Å²) in [4.78, 5) is 14.6. The lowest BCUT2D eigenvalue weighted by Crippen LogP contribution is -2.45. The van der Waals surface area contributed by atoms with Crippen molar-refractivity contribution in [1.82, 2.24) is 25.2 Å². The normalized spacial score (nSPS) is 19.3. The van der Waals surface area contributed by atoms with E-state index >= 15 is 0 Å². The second-order valence-electron chi connectivity index (χ2n) is 8.39. The molecule has 1 saturated heterocycles. The maximum absolute atomic E-state index is 12.2. The number of aromatic nitrogens is 3. The van der Waals surface area contributed by atoms with E-state index in [1.807, 2.05) is 53.2 Å². The van der Waals surface area contributed by atoms with Crippen molar-refractivity contribution in [3.05, 3.63) is 77.6 Å². The number of fused-ring (bicyclic) bond motifs is 1. The highest BCUT2D eigenvalue weighted by Gasteiger charge is 2.27. The van der Waals surface area contributed by atoms with Crippen molar-refractivity contribution >= 4 is 11.7 Å². The van der Waals surface area contributed by atoms with Gasteiger partial charge in [-0.1, -0.05) is 53.7 Å². The number of likely N-dealkylation sites (tertiary alicyclic amines) is 1. The smallest absolute Gasteiger partial charge is 0.319 e. The van der Waals surface area contributed by atoms with Crippen molar-refractivity contribution in [2.24, 2.45) is 0 Å². The van der Waals surface area contributed by atoms with E-state index in [0.717, 1.165) is 49.6 Å². The molecule has 0 spiro atoms. The number of nitrogens with zero attached hydrogens (tertiary/aromatic N) is 4. The zero-order valence-electron chi connectivity index (χ0n) is 18.0. The highest BCUT2D eigenvalue weighted by molar-refractivity contribution is 5.89. The lowest BCUT2D eigenvalue weighted by Gasteiger charge is -2.32. The zero-order chi connectivity index (χ0) is 21.8. The summed E-state index contributed by atoms with van der Waals surface area (Å²) in [6.07, 6.45) is 1.85. The third-order valence-electron chi connectivity index (χ3n) is 6.18. The van der Waals surface area contributed by atoms with Crippen LogP contribution in [0.15, 0.2) is 60.7 Å². The van der Waals surface area contributed by atoms with Crippen LogP contribution in [0, 0.1) is 0 Å². The van der Waals surface area contributed by atoms with Crippen LogP contribution in [-0.2, 0) is 24.4 Å². The minimum absolute atomic E-state index is 0.0158. The molecule has 0 saturated carbocycles. The molecule has 1 atom stereocenters. The Balaban J connectivity index is 1.11. The number of ether oxygens (including phenoxy) is 1. The molecule has 0 unspecified atom stereocenters. The molecule has 1 fully saturated rings. The van der Waals surface area contributed by atoms with Crippen molar-refractivity contribution in [3.8, 4) is 0 Å². The predicted octanol–water partition coefficient (Wildman–Crippen LogP) is 3.34. The van der Waals surface area contributed by atoms with Gasteiger partial charge in [0.15, 0.2) is 0 Å². The fourth-order valence-corrected chi connectivity index (χ4v) is 4.38. The van der Waals surface area contributed by atoms with E-state index in [9.17, 15) is 4.79 Å². The van der Waals surface area contributed by atoms with Crippen LogP contribution in [0.3, 0.4) is 0 Å². The van der Waals surface area contributed by atoms with Gasteiger partial charge in [-0.2, -0.15) is 0 Å². The Hall–Kier alpha value is -3.23. The van der Waals surface area contributed by atoms with Gasteiger partial charge in [-0.25, -0.2) is 9.48 Å². The van der Waals surface area contributed by atoms with Gasteiger partial charge in [0.05, 0.1) is 18.8 Å². The molecule has 0 aliphatic carbocycles. The topological polar surface area (TPSA) is 84.3 Å². The minimum atomic E-state index is -0.146. The summed E-state index contributed by atoms with van der Waals surface area (Å²) in [5, 5.41) is 14.8. The van der Waals surface area contributed by atoms with Crippen LogP contribution in [0.5, 0.6) is 0 Å². The summed E-state index contributed by atoms with van der Waals surface area (Å²) >= 11 is 0. The molecule has 2 aliphatic rings. The molecule has 8 nitrogen and oxygen atoms in total. The molecule has 5 rings (SSSR count). The Morgan fingerprint density at radius 1 is 1.03 bits per heavy atom. The summed E-state index contributed by atoms with van der Waals surface area (Å²) < 4.78 is 8.10. The first-order valence-electron chi connectivity index (χ1n) is 11.2. The van der Waals surface area contributed by atoms with E-state index in [1.165, 1.54) is 5.56 Å². The van der Waals surface area contributed by atoms with Gasteiger partial charge in [0.25, 0.3) is 0 Å². The van der Waals surface area contributed by atoms with E-state index in [0.29, 0.717) is 13.2 Å². The van der Waals surface area contributed by atoms with Crippen LogP contribution in [0.2, 0.25) is 0 Å². The molecule has 2 N–H and O–H groups in total. The minimum Gasteiger partial charge on any atom is -0.365 e. The highest BCUT2D eigenvalue weighted by Crippen LogP contribution is 2.27. The number of hydrogen-bond acceptors (Lipinski definition) is 5. The Kier molecular flexibility index (Phi) is 6.13. The van der Waals surface area contributed by atoms with Crippen LogP contribution < -0.4 is 10.6 Å². The van der Waals surface area contributed by atoms with Gasteiger partial charge in [-0.3, -0.25) is 4.90 Å². The average molecular weight is 433 g/mol. The van der Waals surface area contributed by atoms with Gasteiger partial charge >= 0.3 is 6.03 Å². The van der Waals surface area contributed by atoms with E-state index < -0.39 is 0 Å². The van der Waals surface area contributed by atoms with E-state index in [1.54, 1.807) is 0 Å². The third-order valence-corrected chi connectivity index (χ3v) is 6.18. The molecule has 32 heavy (non-hydrogen) atoms. The number of benzene rings is 2. The van der Waals surface area contributed by atoms with Crippen LogP contribution >= 0.6 is 0 Å². The molecule has 8 heteroatoms. The van der Waals surface area contributed by atoms with Gasteiger partial charge < -0.3 is 15.4 Å². The van der Waals surface area contributed by atoms with E-state index in [2.05, 4.69) is 38.0 Å². The number of nitrogens with one attached hydrogen (secondary N) is 2. The molecule has 2 aromatic carbocycles. The Labute approximate surface area is 187 Å². The first kappa shape index (κ1) is 20.7. The van der Waals surface area contributed by atoms with E-state index in [4.69, 9.17) is 4.74 Å². The highest BCUT2D eigenvalue weighted by atomic mass is 16.5. The molecule has 2 amide bonds. The molecular weight excluding hydrogens is 404 g/mol. The number of amides is 2. The number of rotatable bonds is 5. The summed E-state index contributed by atoms with van der Waals surface area (Å²) in [5.41, 5.74) is 4.03. The summed E-state index contributed by atoms with van der Waals surface area (Å²) in [6, 6.07) is 19.8. The number of hydrogen-bond donors (Lipinski definition) is 2. The van der Waals surface area contributed by atoms with Crippen LogP contribution in [0.25, 0.3) is 0 Å². The van der Waals surface area contributed by atoms with Gasteiger partial charge in [-0.15, -0.1) is 5.10 Å². The maximum Gasteiger partial charge on any atom is 0.319 e. The van der Waals surface area contributed by atoms with Gasteiger partial charge in [0, 0.05) is 31.4 Å². The SMILES string of the molecule is O=C(Nc1ccccc1)NC1CCN(Cc2nnn3c2CO[C@H](c2ccccc2)C3)CC1. The monoisotopic (exact) mass is 432 g/mol. The summed E-state index contributed by atoms with van der Waals surface area (Å²) in [5.74, 6) is 0. The van der Waals surface area contributed by atoms with E-state index in [-0.39, 0.29) is 18.2 Å². The molecule has 166 valence electrons. The Morgan fingerprint density at radius 2 is 1.75 bits per heavy atom. The fourth-order valence-electron chi connectivity index (χ4n) is 4.38. The average Bonchev–Trinajstić information content (AvgIpc) is 3.23. The molecule has 2 aliphatic heterocycles. The summed E-state index contributed by atoms with van der Waals surface area (Å²) in [6.45, 7) is 3.80. The van der Waals surface area contributed by atoms with Crippen molar-refractivity contribution in [2.75, 3.05) is 18.4 Å². The van der Waals surface area contributed by atoms with Crippen molar-refractivity contribution in [1.29, 1.82) is 0 Å². The Bertz CT molecular complexity index is 1030. The number of carbonyl (C=O) groups excluding carboxylic acids is 1. The second kappa shape index (κ2) is 9.50. The predicted molar refractivity (Wildman–Crippen MR) is 121 cm³/mol. The molecule has 0 radical (unpaired) electrons. The quantitative estimate of drug-likeness (QED) is 0.646. The second-order valence-corrected chi connectivity index (χ2v) is 8.39. The van der Waals surface area contributed by atoms with Gasteiger partial charge in [0.2, 0.25) is 0 Å². The molecule has 1 aromatic heterocycles. The standard InChI is InChI=1S/C24H28N6O2/c31-24(25-19-9-5-2-6-10-19)26-20-11-13-29(14-12-20)15-21-22-17-32-23(16-30(22)28-27-21)18-7-3-1-4-8-18/h1-10,20,23H,11-17H2,(H2,25,26,31)/t23-/m0/s1. The summed E-state index contributed by atoms with van der Waals surface area (Å²) in [7, 11) is 0. The fraction of sp³-hybridized carbons (Fsp3) is 0.375. The number of piperidine rings is 1. The molecule has 0 bridgehead atoms. The number of para-hydroxylation sites is 1. The van der Waals surface area contributed by atoms with Crippen molar-refractivity contribution < 1.29 is 9.53 Å². The lowest BCUT2D eigenvalue weighted by atomic mass is 10.0. The Morgan fingerprint density at radius 3 is 2.50 bits per heavy atom. The van der Waals surface area contributed by atoms with Crippen molar-refractivity contribution in [2.45, 2.75) is 44.7 Å². The first-order valence-corrected chi connectivity index (χ1v) is 11.2.